The molecule has 4 aromatic rings. The minimum absolute atomic E-state index is 0.253. The SMILES string of the molecule is Cc1ccc(-c2nnc(C(C)OC(=O)c3cc(C)n(Cc4ccco4)c3C)o2)cc1. The van der Waals surface area contributed by atoms with Crippen LogP contribution in [0.4, 0.5) is 0 Å². The quantitative estimate of drug-likeness (QED) is 0.419. The number of carbonyl (C=O) groups is 1. The highest BCUT2D eigenvalue weighted by Gasteiger charge is 2.23. The van der Waals surface area contributed by atoms with Crippen LogP contribution in [0.2, 0.25) is 0 Å². The van der Waals surface area contributed by atoms with Crippen LogP contribution in [0.15, 0.2) is 57.6 Å². The second kappa shape index (κ2) is 8.02. The first-order valence-corrected chi connectivity index (χ1v) is 9.73. The summed E-state index contributed by atoms with van der Waals surface area (Å²) >= 11 is 0. The van der Waals surface area contributed by atoms with Crippen LogP contribution in [0.1, 0.15) is 52.0 Å². The molecule has 1 unspecified atom stereocenters. The third-order valence-corrected chi connectivity index (χ3v) is 5.06. The Hall–Kier alpha value is -3.61. The molecule has 0 N–H and O–H groups in total. The molecule has 0 bridgehead atoms. The first kappa shape index (κ1) is 19.7. The lowest BCUT2D eigenvalue weighted by Gasteiger charge is -2.10. The molecular weight excluding hydrogens is 382 g/mol. The van der Waals surface area contributed by atoms with E-state index in [1.807, 2.05) is 67.8 Å². The fraction of sp³-hybridized carbons (Fsp3) is 0.261. The largest absolute Gasteiger partial charge is 0.467 e. The van der Waals surface area contributed by atoms with E-state index in [4.69, 9.17) is 13.6 Å². The van der Waals surface area contributed by atoms with E-state index in [0.717, 1.165) is 28.3 Å². The van der Waals surface area contributed by atoms with E-state index in [0.29, 0.717) is 18.0 Å². The summed E-state index contributed by atoms with van der Waals surface area (Å²) in [7, 11) is 0. The zero-order valence-corrected chi connectivity index (χ0v) is 17.4. The summed E-state index contributed by atoms with van der Waals surface area (Å²) < 4.78 is 18.8. The van der Waals surface area contributed by atoms with Crippen molar-refractivity contribution >= 4 is 5.97 Å². The molecule has 7 nitrogen and oxygen atoms in total. The van der Waals surface area contributed by atoms with Crippen LogP contribution in [-0.2, 0) is 11.3 Å². The fourth-order valence-corrected chi connectivity index (χ4v) is 3.30. The normalized spacial score (nSPS) is 12.1. The molecular formula is C23H23N3O4. The zero-order valence-electron chi connectivity index (χ0n) is 17.4. The van der Waals surface area contributed by atoms with E-state index in [-0.39, 0.29) is 5.89 Å². The molecule has 3 heterocycles. The van der Waals surface area contributed by atoms with Gasteiger partial charge in [0, 0.05) is 17.0 Å². The van der Waals surface area contributed by atoms with Gasteiger partial charge in [0.25, 0.3) is 5.89 Å². The van der Waals surface area contributed by atoms with Crippen molar-refractivity contribution in [1.29, 1.82) is 0 Å². The molecule has 0 aliphatic carbocycles. The minimum Gasteiger partial charge on any atom is -0.467 e. The molecule has 0 saturated carbocycles. The van der Waals surface area contributed by atoms with Crippen LogP contribution in [0, 0.1) is 20.8 Å². The van der Waals surface area contributed by atoms with Gasteiger partial charge in [-0.15, -0.1) is 10.2 Å². The fourth-order valence-electron chi connectivity index (χ4n) is 3.30. The topological polar surface area (TPSA) is 83.3 Å². The summed E-state index contributed by atoms with van der Waals surface area (Å²) in [4.78, 5) is 12.8. The van der Waals surface area contributed by atoms with E-state index >= 15 is 0 Å². The van der Waals surface area contributed by atoms with Crippen molar-refractivity contribution in [2.75, 3.05) is 0 Å². The average Bonchev–Trinajstić information content (AvgIpc) is 3.46. The third-order valence-electron chi connectivity index (χ3n) is 5.06. The molecule has 3 aromatic heterocycles. The van der Waals surface area contributed by atoms with Crippen molar-refractivity contribution in [2.45, 2.75) is 40.3 Å². The van der Waals surface area contributed by atoms with Crippen LogP contribution in [0.5, 0.6) is 0 Å². The van der Waals surface area contributed by atoms with Gasteiger partial charge in [-0.3, -0.25) is 0 Å². The summed E-state index contributed by atoms with van der Waals surface area (Å²) in [5.74, 6) is 1.03. The summed E-state index contributed by atoms with van der Waals surface area (Å²) in [6.07, 6.45) is 0.965. The average molecular weight is 405 g/mol. The monoisotopic (exact) mass is 405 g/mol. The van der Waals surface area contributed by atoms with Gasteiger partial charge in [-0.25, -0.2) is 4.79 Å². The number of ether oxygens (including phenoxy) is 1. The Balaban J connectivity index is 1.48. The number of hydrogen-bond donors (Lipinski definition) is 0. The van der Waals surface area contributed by atoms with E-state index in [2.05, 4.69) is 10.2 Å². The van der Waals surface area contributed by atoms with Crippen LogP contribution in [0.25, 0.3) is 11.5 Å². The third kappa shape index (κ3) is 3.91. The number of esters is 1. The van der Waals surface area contributed by atoms with Gasteiger partial charge in [0.05, 0.1) is 18.4 Å². The molecule has 154 valence electrons. The Morgan fingerprint density at radius 2 is 1.90 bits per heavy atom. The number of rotatable bonds is 6. The number of hydrogen-bond acceptors (Lipinski definition) is 6. The molecule has 0 fully saturated rings. The van der Waals surface area contributed by atoms with E-state index in [1.165, 1.54) is 0 Å². The molecule has 4 rings (SSSR count). The Bertz CT molecular complexity index is 1150. The number of aromatic nitrogens is 3. The number of carbonyl (C=O) groups excluding carboxylic acids is 1. The van der Waals surface area contributed by atoms with Crippen molar-refractivity contribution < 1.29 is 18.4 Å². The van der Waals surface area contributed by atoms with Crippen LogP contribution in [0.3, 0.4) is 0 Å². The molecule has 0 radical (unpaired) electrons. The van der Waals surface area contributed by atoms with Gasteiger partial charge in [0.1, 0.15) is 5.76 Å². The molecule has 0 amide bonds. The maximum atomic E-state index is 12.8. The van der Waals surface area contributed by atoms with E-state index < -0.39 is 12.1 Å². The Morgan fingerprint density at radius 3 is 2.60 bits per heavy atom. The van der Waals surface area contributed by atoms with E-state index in [9.17, 15) is 4.79 Å². The summed E-state index contributed by atoms with van der Waals surface area (Å²) in [5, 5.41) is 8.12. The first-order chi connectivity index (χ1) is 14.4. The number of aryl methyl sites for hydroxylation is 2. The molecule has 7 heteroatoms. The Morgan fingerprint density at radius 1 is 1.13 bits per heavy atom. The second-order valence-electron chi connectivity index (χ2n) is 7.31. The highest BCUT2D eigenvalue weighted by molar-refractivity contribution is 5.91. The van der Waals surface area contributed by atoms with Crippen molar-refractivity contribution in [1.82, 2.24) is 14.8 Å². The molecule has 1 atom stereocenters. The Kier molecular flexibility index (Phi) is 5.27. The van der Waals surface area contributed by atoms with E-state index in [1.54, 1.807) is 13.2 Å². The summed E-state index contributed by atoms with van der Waals surface area (Å²) in [5.41, 5.74) is 4.23. The lowest BCUT2D eigenvalue weighted by Crippen LogP contribution is -2.11. The highest BCUT2D eigenvalue weighted by atomic mass is 16.6. The smallest absolute Gasteiger partial charge is 0.340 e. The maximum Gasteiger partial charge on any atom is 0.340 e. The maximum absolute atomic E-state index is 12.8. The van der Waals surface area contributed by atoms with Crippen molar-refractivity contribution in [2.24, 2.45) is 0 Å². The number of benzene rings is 1. The highest BCUT2D eigenvalue weighted by Crippen LogP contribution is 2.25. The zero-order chi connectivity index (χ0) is 21.3. The molecule has 0 aliphatic rings. The first-order valence-electron chi connectivity index (χ1n) is 9.73. The Labute approximate surface area is 174 Å². The second-order valence-corrected chi connectivity index (χ2v) is 7.31. The molecule has 30 heavy (non-hydrogen) atoms. The van der Waals surface area contributed by atoms with Gasteiger partial charge in [-0.1, -0.05) is 17.7 Å². The van der Waals surface area contributed by atoms with Crippen LogP contribution >= 0.6 is 0 Å². The molecule has 0 aliphatic heterocycles. The summed E-state index contributed by atoms with van der Waals surface area (Å²) in [6.45, 7) is 8.11. The predicted molar refractivity (Wildman–Crippen MR) is 110 cm³/mol. The lowest BCUT2D eigenvalue weighted by molar-refractivity contribution is 0.0279. The van der Waals surface area contributed by atoms with Gasteiger partial charge in [-0.2, -0.15) is 0 Å². The molecule has 1 aromatic carbocycles. The van der Waals surface area contributed by atoms with Crippen molar-refractivity contribution in [3.63, 3.8) is 0 Å². The lowest BCUT2D eigenvalue weighted by atomic mass is 10.1. The minimum atomic E-state index is -0.669. The number of furan rings is 1. The predicted octanol–water partition coefficient (Wildman–Crippen LogP) is 5.02. The van der Waals surface area contributed by atoms with Gasteiger partial charge in [0.15, 0.2) is 6.10 Å². The summed E-state index contributed by atoms with van der Waals surface area (Å²) in [6, 6.07) is 13.3. The van der Waals surface area contributed by atoms with Gasteiger partial charge in [0.2, 0.25) is 5.89 Å². The van der Waals surface area contributed by atoms with Crippen molar-refractivity contribution in [3.8, 4) is 11.5 Å². The standard InChI is InChI=1S/C23H23N3O4/c1-14-7-9-18(10-8-14)22-25-24-21(30-22)17(4)29-23(27)20-12-15(2)26(16(20)3)13-19-6-5-11-28-19/h5-12,17H,13H2,1-4H3. The van der Waals surface area contributed by atoms with Gasteiger partial charge >= 0.3 is 5.97 Å². The van der Waals surface area contributed by atoms with Crippen LogP contribution in [-0.4, -0.2) is 20.7 Å². The number of nitrogens with zero attached hydrogens (tertiary/aromatic N) is 3. The molecule has 0 saturated heterocycles. The van der Waals surface area contributed by atoms with Gasteiger partial charge < -0.3 is 18.1 Å². The van der Waals surface area contributed by atoms with Gasteiger partial charge in [-0.05, 0) is 58.0 Å². The van der Waals surface area contributed by atoms with Crippen molar-refractivity contribution in [3.05, 3.63) is 82.9 Å². The van der Waals surface area contributed by atoms with Crippen LogP contribution < -0.4 is 0 Å². The molecule has 0 spiro atoms.